The van der Waals surface area contributed by atoms with E-state index in [1.165, 1.54) is 25.7 Å². The van der Waals surface area contributed by atoms with E-state index in [9.17, 15) is 4.79 Å². The fraction of sp³-hybridized carbons (Fsp3) is 0.750. The first-order valence-corrected chi connectivity index (χ1v) is 5.73. The van der Waals surface area contributed by atoms with Gasteiger partial charge in [0.15, 0.2) is 0 Å². The van der Waals surface area contributed by atoms with E-state index < -0.39 is 5.97 Å². The standard InChI is InChI=1S/C12H21NO2/c1-9-3-5-11(6-4-9)13-8-7-10(2)12(14)15/h7,9,11,13H,3-6,8H2,1-2H3,(H,14,15)/b10-7-. The van der Waals surface area contributed by atoms with Gasteiger partial charge >= 0.3 is 5.97 Å². The summed E-state index contributed by atoms with van der Waals surface area (Å²) >= 11 is 0. The van der Waals surface area contributed by atoms with Crippen molar-refractivity contribution in [2.45, 2.75) is 45.6 Å². The number of hydrogen-bond donors (Lipinski definition) is 2. The van der Waals surface area contributed by atoms with Crippen molar-refractivity contribution in [1.82, 2.24) is 5.32 Å². The zero-order valence-electron chi connectivity index (χ0n) is 9.62. The van der Waals surface area contributed by atoms with Crippen LogP contribution in [-0.4, -0.2) is 23.7 Å². The van der Waals surface area contributed by atoms with E-state index in [0.717, 1.165) is 5.92 Å². The molecule has 15 heavy (non-hydrogen) atoms. The minimum atomic E-state index is -0.825. The molecule has 2 N–H and O–H groups in total. The van der Waals surface area contributed by atoms with Crippen molar-refractivity contribution >= 4 is 5.97 Å². The minimum absolute atomic E-state index is 0.423. The van der Waals surface area contributed by atoms with E-state index in [1.807, 2.05) is 0 Å². The number of rotatable bonds is 4. The summed E-state index contributed by atoms with van der Waals surface area (Å²) < 4.78 is 0. The molecule has 0 saturated heterocycles. The Hall–Kier alpha value is -0.830. The molecule has 1 aliphatic carbocycles. The average Bonchev–Trinajstić information content (AvgIpc) is 2.20. The van der Waals surface area contributed by atoms with Crippen molar-refractivity contribution in [2.75, 3.05) is 6.54 Å². The fourth-order valence-electron chi connectivity index (χ4n) is 1.93. The van der Waals surface area contributed by atoms with Crippen LogP contribution in [-0.2, 0) is 4.79 Å². The van der Waals surface area contributed by atoms with Crippen LogP contribution in [0.15, 0.2) is 11.6 Å². The molecule has 0 aliphatic heterocycles. The molecule has 1 aliphatic rings. The summed E-state index contributed by atoms with van der Waals surface area (Å²) in [6.07, 6.45) is 6.78. The molecule has 0 radical (unpaired) electrons. The quantitative estimate of drug-likeness (QED) is 0.701. The molecule has 1 saturated carbocycles. The zero-order valence-corrected chi connectivity index (χ0v) is 9.62. The van der Waals surface area contributed by atoms with Crippen LogP contribution in [0, 0.1) is 5.92 Å². The van der Waals surface area contributed by atoms with Gasteiger partial charge in [0.1, 0.15) is 0 Å². The number of carboxylic acid groups (broad SMARTS) is 1. The van der Waals surface area contributed by atoms with Crippen LogP contribution in [0.4, 0.5) is 0 Å². The third-order valence-electron chi connectivity index (χ3n) is 3.17. The Balaban J connectivity index is 2.20. The fourth-order valence-corrected chi connectivity index (χ4v) is 1.93. The largest absolute Gasteiger partial charge is 0.478 e. The van der Waals surface area contributed by atoms with Crippen LogP contribution in [0.1, 0.15) is 39.5 Å². The Kier molecular flexibility index (Phi) is 4.82. The second kappa shape index (κ2) is 5.91. The maximum absolute atomic E-state index is 10.5. The van der Waals surface area contributed by atoms with E-state index in [4.69, 9.17) is 5.11 Å². The molecule has 0 amide bonds. The third-order valence-corrected chi connectivity index (χ3v) is 3.17. The number of carboxylic acids is 1. The first-order chi connectivity index (χ1) is 7.09. The Morgan fingerprint density at radius 2 is 2.00 bits per heavy atom. The highest BCUT2D eigenvalue weighted by atomic mass is 16.4. The predicted molar refractivity (Wildman–Crippen MR) is 60.8 cm³/mol. The molecule has 3 heteroatoms. The lowest BCUT2D eigenvalue weighted by molar-refractivity contribution is -0.132. The van der Waals surface area contributed by atoms with Gasteiger partial charge in [-0.15, -0.1) is 0 Å². The molecule has 3 nitrogen and oxygen atoms in total. The zero-order chi connectivity index (χ0) is 11.3. The van der Waals surface area contributed by atoms with Crippen LogP contribution < -0.4 is 5.32 Å². The van der Waals surface area contributed by atoms with Gasteiger partial charge in [0, 0.05) is 18.2 Å². The molecule has 0 aromatic heterocycles. The smallest absolute Gasteiger partial charge is 0.330 e. The molecule has 0 heterocycles. The highest BCUT2D eigenvalue weighted by Gasteiger charge is 2.16. The third kappa shape index (κ3) is 4.47. The SMILES string of the molecule is C/C(=C/CNC1CCC(C)CC1)C(=O)O. The van der Waals surface area contributed by atoms with Crippen LogP contribution in [0.3, 0.4) is 0 Å². The molecule has 1 fully saturated rings. The molecule has 0 bridgehead atoms. The summed E-state index contributed by atoms with van der Waals surface area (Å²) in [5, 5.41) is 12.0. The number of aliphatic carboxylic acids is 1. The van der Waals surface area contributed by atoms with Crippen molar-refractivity contribution < 1.29 is 9.90 Å². The van der Waals surface area contributed by atoms with Crippen molar-refractivity contribution in [2.24, 2.45) is 5.92 Å². The van der Waals surface area contributed by atoms with Crippen molar-refractivity contribution in [1.29, 1.82) is 0 Å². The molecule has 86 valence electrons. The van der Waals surface area contributed by atoms with Gasteiger partial charge in [-0.2, -0.15) is 0 Å². The van der Waals surface area contributed by atoms with Gasteiger partial charge in [-0.25, -0.2) is 4.79 Å². The highest BCUT2D eigenvalue weighted by Crippen LogP contribution is 2.23. The summed E-state index contributed by atoms with van der Waals surface area (Å²) in [7, 11) is 0. The second-order valence-corrected chi connectivity index (χ2v) is 4.56. The van der Waals surface area contributed by atoms with E-state index >= 15 is 0 Å². The topological polar surface area (TPSA) is 49.3 Å². The molecule has 0 spiro atoms. The lowest BCUT2D eigenvalue weighted by Gasteiger charge is -2.26. The maximum Gasteiger partial charge on any atom is 0.330 e. The summed E-state index contributed by atoms with van der Waals surface area (Å²) in [4.78, 5) is 10.5. The Labute approximate surface area is 91.6 Å². The van der Waals surface area contributed by atoms with E-state index in [2.05, 4.69) is 12.2 Å². The minimum Gasteiger partial charge on any atom is -0.478 e. The predicted octanol–water partition coefficient (Wildman–Crippen LogP) is 2.19. The summed E-state index contributed by atoms with van der Waals surface area (Å²) in [5.41, 5.74) is 0.423. The first kappa shape index (κ1) is 12.2. The lowest BCUT2D eigenvalue weighted by Crippen LogP contribution is -2.32. The maximum atomic E-state index is 10.5. The number of hydrogen-bond acceptors (Lipinski definition) is 2. The molecule has 0 unspecified atom stereocenters. The van der Waals surface area contributed by atoms with Gasteiger partial charge in [0.05, 0.1) is 0 Å². The average molecular weight is 211 g/mol. The van der Waals surface area contributed by atoms with Gasteiger partial charge in [-0.05, 0) is 38.5 Å². The Morgan fingerprint density at radius 1 is 1.40 bits per heavy atom. The molecule has 0 atom stereocenters. The van der Waals surface area contributed by atoms with Gasteiger partial charge < -0.3 is 10.4 Å². The van der Waals surface area contributed by atoms with Crippen molar-refractivity contribution in [3.05, 3.63) is 11.6 Å². The molecule has 1 rings (SSSR count). The summed E-state index contributed by atoms with van der Waals surface area (Å²) in [5.74, 6) is 0.0356. The normalized spacial score (nSPS) is 27.7. The lowest BCUT2D eigenvalue weighted by atomic mass is 9.87. The van der Waals surface area contributed by atoms with E-state index in [1.54, 1.807) is 13.0 Å². The van der Waals surface area contributed by atoms with Gasteiger partial charge in [0.2, 0.25) is 0 Å². The molecule has 0 aromatic carbocycles. The van der Waals surface area contributed by atoms with Crippen LogP contribution in [0.2, 0.25) is 0 Å². The van der Waals surface area contributed by atoms with Gasteiger partial charge in [-0.1, -0.05) is 13.0 Å². The number of carbonyl (C=O) groups is 1. The van der Waals surface area contributed by atoms with Crippen LogP contribution in [0.5, 0.6) is 0 Å². The summed E-state index contributed by atoms with van der Waals surface area (Å²) in [6, 6.07) is 0.582. The summed E-state index contributed by atoms with van der Waals surface area (Å²) in [6.45, 7) is 4.61. The Bertz CT molecular complexity index is 240. The molecular weight excluding hydrogens is 190 g/mol. The van der Waals surface area contributed by atoms with Gasteiger partial charge in [0.25, 0.3) is 0 Å². The van der Waals surface area contributed by atoms with Gasteiger partial charge in [-0.3, -0.25) is 0 Å². The van der Waals surface area contributed by atoms with Crippen LogP contribution >= 0.6 is 0 Å². The monoisotopic (exact) mass is 211 g/mol. The second-order valence-electron chi connectivity index (χ2n) is 4.56. The Morgan fingerprint density at radius 3 is 2.53 bits per heavy atom. The van der Waals surface area contributed by atoms with E-state index in [-0.39, 0.29) is 0 Å². The highest BCUT2D eigenvalue weighted by molar-refractivity contribution is 5.85. The first-order valence-electron chi connectivity index (χ1n) is 5.73. The van der Waals surface area contributed by atoms with Crippen molar-refractivity contribution in [3.8, 4) is 0 Å². The van der Waals surface area contributed by atoms with E-state index in [0.29, 0.717) is 18.2 Å². The van der Waals surface area contributed by atoms with Crippen molar-refractivity contribution in [3.63, 3.8) is 0 Å². The molecular formula is C12H21NO2. The number of nitrogens with one attached hydrogen (secondary N) is 1. The molecule has 0 aromatic rings. The van der Waals surface area contributed by atoms with Crippen LogP contribution in [0.25, 0.3) is 0 Å².